The van der Waals surface area contributed by atoms with Crippen LogP contribution in [-0.2, 0) is 0 Å². The fourth-order valence-corrected chi connectivity index (χ4v) is 2.10. The first kappa shape index (κ1) is 14.7. The quantitative estimate of drug-likeness (QED) is 0.596. The van der Waals surface area contributed by atoms with E-state index in [1.54, 1.807) is 6.07 Å². The molecule has 4 N–H and O–H groups in total. The Hall–Kier alpha value is -1.69. The van der Waals surface area contributed by atoms with Crippen LogP contribution in [0.2, 0.25) is 10.0 Å². The Morgan fingerprint density at radius 2 is 1.65 bits per heavy atom. The maximum Gasteiger partial charge on any atom is 0.161 e. The zero-order valence-corrected chi connectivity index (χ0v) is 12.6. The zero-order valence-electron chi connectivity index (χ0n) is 11.1. The molecule has 106 valence electrons. The molecule has 0 aliphatic heterocycles. The van der Waals surface area contributed by atoms with Gasteiger partial charge in [0.25, 0.3) is 0 Å². The first-order valence-corrected chi connectivity index (χ1v) is 6.64. The standard InChI is InChI=1S/C13H15Cl2N5/c1-20(2)9-5-3-8(4-6-9)17-12-10(14)7-11(15)13(18-12)19-16/h3-7H,16H2,1-2H3,(H2,17,18,19). The summed E-state index contributed by atoms with van der Waals surface area (Å²) >= 11 is 12.0. The van der Waals surface area contributed by atoms with Crippen molar-refractivity contribution in [1.82, 2.24) is 4.98 Å². The fourth-order valence-electron chi connectivity index (χ4n) is 1.64. The molecule has 0 bridgehead atoms. The Morgan fingerprint density at radius 1 is 1.05 bits per heavy atom. The predicted molar refractivity (Wildman–Crippen MR) is 86.1 cm³/mol. The predicted octanol–water partition coefficient (Wildman–Crippen LogP) is 3.48. The van der Waals surface area contributed by atoms with E-state index in [0.29, 0.717) is 21.7 Å². The van der Waals surface area contributed by atoms with Crippen LogP contribution in [0.25, 0.3) is 0 Å². The lowest BCUT2D eigenvalue weighted by molar-refractivity contribution is 1.13. The topological polar surface area (TPSA) is 66.2 Å². The first-order chi connectivity index (χ1) is 9.51. The average Bonchev–Trinajstić information content (AvgIpc) is 2.42. The Labute approximate surface area is 127 Å². The van der Waals surface area contributed by atoms with Gasteiger partial charge in [0.15, 0.2) is 11.6 Å². The van der Waals surface area contributed by atoms with Crippen molar-refractivity contribution in [3.8, 4) is 0 Å². The van der Waals surface area contributed by atoms with Gasteiger partial charge in [-0.3, -0.25) is 0 Å². The van der Waals surface area contributed by atoms with E-state index in [1.807, 2.05) is 43.3 Å². The lowest BCUT2D eigenvalue weighted by atomic mass is 10.2. The van der Waals surface area contributed by atoms with Gasteiger partial charge in [0.2, 0.25) is 0 Å². The maximum atomic E-state index is 6.10. The summed E-state index contributed by atoms with van der Waals surface area (Å²) in [5, 5.41) is 3.91. The van der Waals surface area contributed by atoms with Crippen LogP contribution >= 0.6 is 23.2 Å². The smallest absolute Gasteiger partial charge is 0.161 e. The molecule has 2 rings (SSSR count). The van der Waals surface area contributed by atoms with Crippen LogP contribution in [0.5, 0.6) is 0 Å². The number of halogens is 2. The maximum absolute atomic E-state index is 6.10. The van der Waals surface area contributed by atoms with Gasteiger partial charge in [-0.2, -0.15) is 0 Å². The Balaban J connectivity index is 2.25. The minimum Gasteiger partial charge on any atom is -0.378 e. The molecule has 1 heterocycles. The molecule has 1 aromatic carbocycles. The van der Waals surface area contributed by atoms with Gasteiger partial charge in [-0.1, -0.05) is 23.2 Å². The number of anilines is 4. The lowest BCUT2D eigenvalue weighted by Gasteiger charge is -2.14. The Morgan fingerprint density at radius 3 is 2.20 bits per heavy atom. The van der Waals surface area contributed by atoms with Crippen LogP contribution in [0.3, 0.4) is 0 Å². The number of nitrogens with one attached hydrogen (secondary N) is 2. The van der Waals surface area contributed by atoms with Crippen LogP contribution in [0.4, 0.5) is 23.0 Å². The number of benzene rings is 1. The zero-order chi connectivity index (χ0) is 14.7. The molecule has 0 fully saturated rings. The lowest BCUT2D eigenvalue weighted by Crippen LogP contribution is -2.10. The Bertz CT molecular complexity index is 598. The summed E-state index contributed by atoms with van der Waals surface area (Å²) in [6.07, 6.45) is 0. The number of hydrogen-bond donors (Lipinski definition) is 3. The van der Waals surface area contributed by atoms with E-state index in [0.717, 1.165) is 11.4 Å². The molecular formula is C13H15Cl2N5. The van der Waals surface area contributed by atoms with E-state index in [2.05, 4.69) is 15.7 Å². The number of nitrogens with zero attached hydrogens (tertiary/aromatic N) is 2. The second kappa shape index (κ2) is 6.17. The highest BCUT2D eigenvalue weighted by Gasteiger charge is 2.09. The van der Waals surface area contributed by atoms with E-state index >= 15 is 0 Å². The van der Waals surface area contributed by atoms with Crippen molar-refractivity contribution in [2.24, 2.45) is 5.84 Å². The molecule has 0 radical (unpaired) electrons. The second-order valence-corrected chi connectivity index (χ2v) is 5.17. The van der Waals surface area contributed by atoms with Crippen LogP contribution in [0.15, 0.2) is 30.3 Å². The van der Waals surface area contributed by atoms with Crippen molar-refractivity contribution < 1.29 is 0 Å². The average molecular weight is 312 g/mol. The molecule has 0 saturated carbocycles. The summed E-state index contributed by atoms with van der Waals surface area (Å²) in [4.78, 5) is 6.24. The summed E-state index contributed by atoms with van der Waals surface area (Å²) in [7, 11) is 3.97. The number of nitrogen functional groups attached to an aromatic ring is 1. The molecule has 0 atom stereocenters. The van der Waals surface area contributed by atoms with Gasteiger partial charge in [0, 0.05) is 25.5 Å². The SMILES string of the molecule is CN(C)c1ccc(Nc2nc(NN)c(Cl)cc2Cl)cc1. The number of hydrogen-bond acceptors (Lipinski definition) is 5. The molecule has 1 aromatic heterocycles. The molecule has 0 unspecified atom stereocenters. The number of aromatic nitrogens is 1. The normalized spacial score (nSPS) is 10.2. The minimum atomic E-state index is 0.364. The van der Waals surface area contributed by atoms with Crippen molar-refractivity contribution >= 4 is 46.2 Å². The minimum absolute atomic E-state index is 0.364. The van der Waals surface area contributed by atoms with Gasteiger partial charge < -0.3 is 15.6 Å². The van der Waals surface area contributed by atoms with Gasteiger partial charge >= 0.3 is 0 Å². The van der Waals surface area contributed by atoms with Gasteiger partial charge in [0.05, 0.1) is 10.0 Å². The van der Waals surface area contributed by atoms with Crippen molar-refractivity contribution in [1.29, 1.82) is 0 Å². The molecule has 0 aliphatic rings. The van der Waals surface area contributed by atoms with Crippen molar-refractivity contribution in [2.45, 2.75) is 0 Å². The largest absolute Gasteiger partial charge is 0.378 e. The van der Waals surface area contributed by atoms with Crippen molar-refractivity contribution in [2.75, 3.05) is 29.7 Å². The molecular weight excluding hydrogens is 297 g/mol. The molecule has 2 aromatic rings. The summed E-state index contributed by atoms with van der Waals surface area (Å²) in [5.41, 5.74) is 4.40. The van der Waals surface area contributed by atoms with E-state index in [9.17, 15) is 0 Å². The molecule has 20 heavy (non-hydrogen) atoms. The molecule has 0 amide bonds. The molecule has 7 heteroatoms. The molecule has 5 nitrogen and oxygen atoms in total. The van der Waals surface area contributed by atoms with Gasteiger partial charge in [-0.25, -0.2) is 10.8 Å². The van der Waals surface area contributed by atoms with Gasteiger partial charge in [0.1, 0.15) is 0 Å². The third kappa shape index (κ3) is 3.25. The Kier molecular flexibility index (Phi) is 4.54. The monoisotopic (exact) mass is 311 g/mol. The van der Waals surface area contributed by atoms with Crippen molar-refractivity contribution in [3.63, 3.8) is 0 Å². The number of pyridine rings is 1. The van der Waals surface area contributed by atoms with Crippen molar-refractivity contribution in [3.05, 3.63) is 40.4 Å². The summed E-state index contributed by atoms with van der Waals surface area (Å²) in [6, 6.07) is 9.46. The summed E-state index contributed by atoms with van der Waals surface area (Å²) < 4.78 is 0. The second-order valence-electron chi connectivity index (χ2n) is 4.36. The summed E-state index contributed by atoms with van der Waals surface area (Å²) in [6.45, 7) is 0. The number of hydrazine groups is 1. The van der Waals surface area contributed by atoms with E-state index in [-0.39, 0.29) is 0 Å². The third-order valence-corrected chi connectivity index (χ3v) is 3.29. The highest BCUT2D eigenvalue weighted by Crippen LogP contribution is 2.30. The van der Waals surface area contributed by atoms with Crippen LogP contribution in [0.1, 0.15) is 0 Å². The molecule has 0 aliphatic carbocycles. The van der Waals surface area contributed by atoms with E-state index in [4.69, 9.17) is 29.0 Å². The van der Waals surface area contributed by atoms with Gasteiger partial charge in [-0.05, 0) is 30.3 Å². The first-order valence-electron chi connectivity index (χ1n) is 5.88. The van der Waals surface area contributed by atoms with Crippen LogP contribution < -0.4 is 21.5 Å². The highest BCUT2D eigenvalue weighted by atomic mass is 35.5. The highest BCUT2D eigenvalue weighted by molar-refractivity contribution is 6.37. The van der Waals surface area contributed by atoms with E-state index < -0.39 is 0 Å². The van der Waals surface area contributed by atoms with E-state index in [1.165, 1.54) is 0 Å². The third-order valence-electron chi connectivity index (χ3n) is 2.71. The summed E-state index contributed by atoms with van der Waals surface area (Å²) in [5.74, 6) is 6.19. The molecule has 0 spiro atoms. The number of rotatable bonds is 4. The molecule has 0 saturated heterocycles. The fraction of sp³-hybridized carbons (Fsp3) is 0.154. The number of nitrogens with two attached hydrogens (primary N) is 1. The van der Waals surface area contributed by atoms with Crippen LogP contribution in [-0.4, -0.2) is 19.1 Å². The van der Waals surface area contributed by atoms with Crippen LogP contribution in [0, 0.1) is 0 Å². The van der Waals surface area contributed by atoms with Gasteiger partial charge in [-0.15, -0.1) is 0 Å².